The maximum absolute atomic E-state index is 8.23. The Kier molecular flexibility index (Phi) is 2.38. The summed E-state index contributed by atoms with van der Waals surface area (Å²) in [7, 11) is 1.72. The lowest BCUT2D eigenvalue weighted by molar-refractivity contribution is 0.0459. The fourth-order valence-corrected chi connectivity index (χ4v) is 1.65. The molecule has 0 aromatic heterocycles. The van der Waals surface area contributed by atoms with Gasteiger partial charge in [0.15, 0.2) is 0 Å². The zero-order valence-corrected chi connectivity index (χ0v) is 6.15. The molecule has 1 aliphatic rings. The Morgan fingerprint density at radius 3 is 2.78 bits per heavy atom. The minimum absolute atomic E-state index is 0.427. The second kappa shape index (κ2) is 3.09. The molecule has 0 aromatic rings. The molecule has 0 bridgehead atoms. The highest BCUT2D eigenvalue weighted by atomic mass is 32.2. The third-order valence-corrected chi connectivity index (χ3v) is 2.43. The molecule has 0 aliphatic heterocycles. The van der Waals surface area contributed by atoms with Gasteiger partial charge in [-0.2, -0.15) is 5.26 Å². The number of thioether (sulfide) groups is 1. The summed E-state index contributed by atoms with van der Waals surface area (Å²) in [4.78, 5) is 0. The van der Waals surface area contributed by atoms with E-state index in [-0.39, 0.29) is 0 Å². The van der Waals surface area contributed by atoms with Gasteiger partial charge in [-0.1, -0.05) is 0 Å². The first-order valence-electron chi connectivity index (χ1n) is 2.94. The van der Waals surface area contributed by atoms with Crippen LogP contribution in [0.2, 0.25) is 0 Å². The van der Waals surface area contributed by atoms with Gasteiger partial charge in [0.2, 0.25) is 0 Å². The first-order chi connectivity index (χ1) is 4.36. The Labute approximate surface area is 59.2 Å². The largest absolute Gasteiger partial charge is 0.381 e. The van der Waals surface area contributed by atoms with Crippen molar-refractivity contribution in [1.29, 1.82) is 5.26 Å². The van der Waals surface area contributed by atoms with Crippen molar-refractivity contribution in [2.24, 2.45) is 0 Å². The first-order valence-corrected chi connectivity index (χ1v) is 3.82. The van der Waals surface area contributed by atoms with Gasteiger partial charge in [-0.25, -0.2) is 0 Å². The molecule has 0 atom stereocenters. The Balaban J connectivity index is 2.06. The van der Waals surface area contributed by atoms with Crippen LogP contribution < -0.4 is 0 Å². The molecule has 0 radical (unpaired) electrons. The molecule has 0 N–H and O–H groups in total. The second-order valence-electron chi connectivity index (χ2n) is 2.16. The van der Waals surface area contributed by atoms with E-state index in [1.165, 1.54) is 11.8 Å². The van der Waals surface area contributed by atoms with Gasteiger partial charge in [0.25, 0.3) is 0 Å². The number of hydrogen-bond acceptors (Lipinski definition) is 3. The van der Waals surface area contributed by atoms with Crippen molar-refractivity contribution in [3.8, 4) is 5.40 Å². The summed E-state index contributed by atoms with van der Waals surface area (Å²) < 4.78 is 5.04. The molecule has 0 heterocycles. The minimum atomic E-state index is 0.427. The van der Waals surface area contributed by atoms with E-state index in [1.54, 1.807) is 7.11 Å². The Bertz CT molecular complexity index is 126. The van der Waals surface area contributed by atoms with Gasteiger partial charge in [0, 0.05) is 12.4 Å². The molecule has 0 spiro atoms. The predicted octanol–water partition coefficient (Wildman–Crippen LogP) is 1.38. The van der Waals surface area contributed by atoms with Crippen molar-refractivity contribution in [2.75, 3.05) is 7.11 Å². The lowest BCUT2D eigenvalue weighted by Gasteiger charge is -2.31. The smallest absolute Gasteiger partial charge is 0.133 e. The molecule has 1 saturated carbocycles. The van der Waals surface area contributed by atoms with E-state index in [9.17, 15) is 0 Å². The van der Waals surface area contributed by atoms with E-state index in [4.69, 9.17) is 10.00 Å². The predicted molar refractivity (Wildman–Crippen MR) is 37.0 cm³/mol. The van der Waals surface area contributed by atoms with E-state index in [1.807, 2.05) is 0 Å². The van der Waals surface area contributed by atoms with Gasteiger partial charge in [-0.15, -0.1) is 0 Å². The molecule has 1 aliphatic carbocycles. The molecule has 0 saturated heterocycles. The molecule has 1 fully saturated rings. The summed E-state index contributed by atoms with van der Waals surface area (Å²) in [5.41, 5.74) is 0. The molecule has 3 heteroatoms. The topological polar surface area (TPSA) is 33.0 Å². The fourth-order valence-electron chi connectivity index (χ4n) is 0.881. The van der Waals surface area contributed by atoms with Crippen LogP contribution in [-0.2, 0) is 4.74 Å². The van der Waals surface area contributed by atoms with E-state index < -0.39 is 0 Å². The number of rotatable bonds is 2. The van der Waals surface area contributed by atoms with Gasteiger partial charge in [-0.05, 0) is 24.6 Å². The van der Waals surface area contributed by atoms with Crippen LogP contribution in [0.15, 0.2) is 0 Å². The molecule has 0 amide bonds. The highest BCUT2D eigenvalue weighted by Crippen LogP contribution is 2.32. The summed E-state index contributed by atoms with van der Waals surface area (Å²) in [6.07, 6.45) is 2.53. The molecule has 9 heavy (non-hydrogen) atoms. The van der Waals surface area contributed by atoms with E-state index in [0.29, 0.717) is 11.4 Å². The van der Waals surface area contributed by atoms with Crippen LogP contribution in [0.4, 0.5) is 0 Å². The van der Waals surface area contributed by atoms with E-state index >= 15 is 0 Å². The minimum Gasteiger partial charge on any atom is -0.381 e. The van der Waals surface area contributed by atoms with Crippen molar-refractivity contribution in [3.05, 3.63) is 0 Å². The average Bonchev–Trinajstić information content (AvgIpc) is 1.77. The zero-order valence-electron chi connectivity index (χ0n) is 5.33. The van der Waals surface area contributed by atoms with Crippen LogP contribution in [0.25, 0.3) is 0 Å². The first kappa shape index (κ1) is 6.91. The van der Waals surface area contributed by atoms with Crippen LogP contribution in [0, 0.1) is 10.7 Å². The number of hydrogen-bond donors (Lipinski definition) is 0. The molecule has 2 nitrogen and oxygen atoms in total. The van der Waals surface area contributed by atoms with Crippen LogP contribution in [0.1, 0.15) is 12.8 Å². The molecule has 1 rings (SSSR count). The highest BCUT2D eigenvalue weighted by Gasteiger charge is 2.29. The molecular weight excluding hydrogens is 134 g/mol. The maximum Gasteiger partial charge on any atom is 0.133 e. The summed E-state index contributed by atoms with van der Waals surface area (Å²) in [6, 6.07) is 0. The standard InChI is InChI=1S/C6H9NOS/c1-8-5-2-6(3-5)9-4-7/h5-6H,2-3H2,1H3. The normalized spacial score (nSPS) is 32.9. The molecule has 0 aromatic carbocycles. The van der Waals surface area contributed by atoms with Crippen molar-refractivity contribution >= 4 is 11.8 Å². The lowest BCUT2D eigenvalue weighted by Crippen LogP contribution is -2.32. The quantitative estimate of drug-likeness (QED) is 0.547. The number of ether oxygens (including phenoxy) is 1. The number of thiocyanates is 1. The second-order valence-corrected chi connectivity index (χ2v) is 3.25. The monoisotopic (exact) mass is 143 g/mol. The number of methoxy groups -OCH3 is 1. The number of nitrogens with zero attached hydrogens (tertiary/aromatic N) is 1. The fraction of sp³-hybridized carbons (Fsp3) is 0.833. The van der Waals surface area contributed by atoms with Gasteiger partial charge < -0.3 is 4.74 Å². The lowest BCUT2D eigenvalue weighted by atomic mass is 9.95. The van der Waals surface area contributed by atoms with Crippen LogP contribution in [0.3, 0.4) is 0 Å². The van der Waals surface area contributed by atoms with Crippen molar-refractivity contribution in [2.45, 2.75) is 24.2 Å². The van der Waals surface area contributed by atoms with Gasteiger partial charge >= 0.3 is 0 Å². The number of nitriles is 1. The van der Waals surface area contributed by atoms with Crippen LogP contribution >= 0.6 is 11.8 Å². The summed E-state index contributed by atoms with van der Waals surface area (Å²) >= 11 is 1.36. The highest BCUT2D eigenvalue weighted by molar-refractivity contribution is 8.04. The third-order valence-electron chi connectivity index (χ3n) is 1.60. The van der Waals surface area contributed by atoms with Crippen molar-refractivity contribution < 1.29 is 4.74 Å². The summed E-state index contributed by atoms with van der Waals surface area (Å²) in [6.45, 7) is 0. The molecule has 0 unspecified atom stereocenters. The maximum atomic E-state index is 8.23. The van der Waals surface area contributed by atoms with E-state index in [0.717, 1.165) is 12.8 Å². The Hall–Kier alpha value is -0.200. The van der Waals surface area contributed by atoms with Crippen LogP contribution in [-0.4, -0.2) is 18.5 Å². The Morgan fingerprint density at radius 2 is 2.33 bits per heavy atom. The third kappa shape index (κ3) is 1.60. The van der Waals surface area contributed by atoms with Crippen LogP contribution in [0.5, 0.6) is 0 Å². The summed E-state index contributed by atoms with van der Waals surface area (Å²) in [5.74, 6) is 0. The van der Waals surface area contributed by atoms with Gasteiger partial charge in [-0.3, -0.25) is 0 Å². The Morgan fingerprint density at radius 1 is 1.67 bits per heavy atom. The van der Waals surface area contributed by atoms with E-state index in [2.05, 4.69) is 5.40 Å². The average molecular weight is 143 g/mol. The molecular formula is C6H9NOS. The van der Waals surface area contributed by atoms with Gasteiger partial charge in [0.05, 0.1) is 6.10 Å². The van der Waals surface area contributed by atoms with Crippen molar-refractivity contribution in [1.82, 2.24) is 0 Å². The SMILES string of the molecule is COC1CC(SC#N)C1. The zero-order chi connectivity index (χ0) is 6.69. The summed E-state index contributed by atoms with van der Waals surface area (Å²) in [5, 5.41) is 10.8. The molecule has 50 valence electrons. The van der Waals surface area contributed by atoms with Crippen molar-refractivity contribution in [3.63, 3.8) is 0 Å². The van der Waals surface area contributed by atoms with Gasteiger partial charge in [0.1, 0.15) is 5.40 Å².